The van der Waals surface area contributed by atoms with Crippen LogP contribution in [0.4, 0.5) is 0 Å². The van der Waals surface area contributed by atoms with Crippen LogP contribution in [0, 0.1) is 0 Å². The summed E-state index contributed by atoms with van der Waals surface area (Å²) in [6, 6.07) is 9.06. The standard InChI is InChI=1S/C19H19BrN2O3S/c1-2-21(12-14-5-4-10-26-14)17(23)6-3-9-22-18(24)15-8-7-13(20)11-16(15)19(22)25/h4-5,7-8,10-11H,2-3,6,9,12H2,1H3. The third-order valence-corrected chi connectivity index (χ3v) is 5.72. The van der Waals surface area contributed by atoms with E-state index in [-0.39, 0.29) is 24.3 Å². The summed E-state index contributed by atoms with van der Waals surface area (Å²) < 4.78 is 0.765. The van der Waals surface area contributed by atoms with E-state index in [2.05, 4.69) is 15.9 Å². The van der Waals surface area contributed by atoms with E-state index < -0.39 is 0 Å². The van der Waals surface area contributed by atoms with Gasteiger partial charge in [-0.25, -0.2) is 0 Å². The van der Waals surface area contributed by atoms with Crippen molar-refractivity contribution in [1.29, 1.82) is 0 Å². The fraction of sp³-hybridized carbons (Fsp3) is 0.316. The summed E-state index contributed by atoms with van der Waals surface area (Å²) in [5.74, 6) is -0.527. The maximum absolute atomic E-state index is 12.4. The van der Waals surface area contributed by atoms with Crippen molar-refractivity contribution in [3.05, 3.63) is 56.2 Å². The van der Waals surface area contributed by atoms with Crippen LogP contribution in [0.25, 0.3) is 0 Å². The number of amides is 3. The molecule has 0 bridgehead atoms. The van der Waals surface area contributed by atoms with Gasteiger partial charge in [0.05, 0.1) is 17.7 Å². The molecule has 7 heteroatoms. The number of hydrogen-bond acceptors (Lipinski definition) is 4. The number of carbonyl (C=O) groups excluding carboxylic acids is 3. The summed E-state index contributed by atoms with van der Waals surface area (Å²) in [6.45, 7) is 3.45. The summed E-state index contributed by atoms with van der Waals surface area (Å²) in [7, 11) is 0. The van der Waals surface area contributed by atoms with Gasteiger partial charge in [0.2, 0.25) is 5.91 Å². The van der Waals surface area contributed by atoms with Gasteiger partial charge in [0.25, 0.3) is 11.8 Å². The normalized spacial score (nSPS) is 13.2. The highest BCUT2D eigenvalue weighted by Gasteiger charge is 2.35. The number of nitrogens with zero attached hydrogens (tertiary/aromatic N) is 2. The van der Waals surface area contributed by atoms with Gasteiger partial charge in [-0.2, -0.15) is 0 Å². The number of imide groups is 1. The lowest BCUT2D eigenvalue weighted by molar-refractivity contribution is -0.131. The predicted octanol–water partition coefficient (Wildman–Crippen LogP) is 3.94. The van der Waals surface area contributed by atoms with Crippen molar-refractivity contribution in [2.45, 2.75) is 26.3 Å². The van der Waals surface area contributed by atoms with Gasteiger partial charge in [0.1, 0.15) is 0 Å². The molecule has 0 spiro atoms. The fourth-order valence-electron chi connectivity index (χ4n) is 2.98. The van der Waals surface area contributed by atoms with E-state index in [4.69, 9.17) is 0 Å². The molecule has 0 atom stereocenters. The molecule has 0 saturated carbocycles. The first-order valence-electron chi connectivity index (χ1n) is 8.47. The predicted molar refractivity (Wildman–Crippen MR) is 104 cm³/mol. The van der Waals surface area contributed by atoms with E-state index in [9.17, 15) is 14.4 Å². The zero-order valence-electron chi connectivity index (χ0n) is 14.4. The average molecular weight is 435 g/mol. The van der Waals surface area contributed by atoms with Crippen molar-refractivity contribution < 1.29 is 14.4 Å². The molecule has 0 radical (unpaired) electrons. The Labute approximate surface area is 164 Å². The Bertz CT molecular complexity index is 835. The Hall–Kier alpha value is -1.99. The van der Waals surface area contributed by atoms with E-state index in [1.807, 2.05) is 24.4 Å². The molecule has 0 fully saturated rings. The summed E-state index contributed by atoms with van der Waals surface area (Å²) in [4.78, 5) is 41.4. The van der Waals surface area contributed by atoms with Crippen molar-refractivity contribution in [2.75, 3.05) is 13.1 Å². The first-order valence-corrected chi connectivity index (χ1v) is 10.1. The average Bonchev–Trinajstić information content (AvgIpc) is 3.22. The second kappa shape index (κ2) is 8.14. The molecule has 1 aromatic heterocycles. The van der Waals surface area contributed by atoms with Crippen molar-refractivity contribution >= 4 is 45.0 Å². The Balaban J connectivity index is 1.55. The maximum Gasteiger partial charge on any atom is 0.261 e. The summed E-state index contributed by atoms with van der Waals surface area (Å²) in [5, 5.41) is 1.99. The third-order valence-electron chi connectivity index (χ3n) is 4.37. The number of benzene rings is 1. The zero-order valence-corrected chi connectivity index (χ0v) is 16.8. The smallest absolute Gasteiger partial charge is 0.261 e. The summed E-state index contributed by atoms with van der Waals surface area (Å²) >= 11 is 4.95. The third kappa shape index (κ3) is 3.88. The lowest BCUT2D eigenvalue weighted by Gasteiger charge is -2.21. The minimum atomic E-state index is -0.287. The molecule has 2 aromatic rings. The highest BCUT2D eigenvalue weighted by molar-refractivity contribution is 9.10. The monoisotopic (exact) mass is 434 g/mol. The molecule has 3 amide bonds. The SMILES string of the molecule is CCN(Cc1cccs1)C(=O)CCCN1C(=O)c2ccc(Br)cc2C1=O. The maximum atomic E-state index is 12.4. The highest BCUT2D eigenvalue weighted by Crippen LogP contribution is 2.26. The topological polar surface area (TPSA) is 57.7 Å². The van der Waals surface area contributed by atoms with Crippen LogP contribution in [0.2, 0.25) is 0 Å². The van der Waals surface area contributed by atoms with Crippen LogP contribution in [-0.4, -0.2) is 40.6 Å². The summed E-state index contributed by atoms with van der Waals surface area (Å²) in [6.07, 6.45) is 0.780. The Kier molecular flexibility index (Phi) is 5.88. The van der Waals surface area contributed by atoms with Gasteiger partial charge < -0.3 is 4.90 Å². The Morgan fingerprint density at radius 3 is 2.65 bits per heavy atom. The van der Waals surface area contributed by atoms with Gasteiger partial charge in [0, 0.05) is 28.9 Å². The van der Waals surface area contributed by atoms with Crippen molar-refractivity contribution in [2.24, 2.45) is 0 Å². The molecule has 5 nitrogen and oxygen atoms in total. The van der Waals surface area contributed by atoms with E-state index >= 15 is 0 Å². The van der Waals surface area contributed by atoms with Crippen molar-refractivity contribution in [1.82, 2.24) is 9.80 Å². The highest BCUT2D eigenvalue weighted by atomic mass is 79.9. The van der Waals surface area contributed by atoms with E-state index in [0.717, 1.165) is 9.35 Å². The second-order valence-electron chi connectivity index (χ2n) is 6.04. The van der Waals surface area contributed by atoms with Gasteiger partial charge >= 0.3 is 0 Å². The molecule has 1 aliphatic heterocycles. The molecule has 1 aromatic carbocycles. The Morgan fingerprint density at radius 2 is 1.96 bits per heavy atom. The lowest BCUT2D eigenvalue weighted by Crippen LogP contribution is -2.33. The minimum absolute atomic E-state index is 0.0419. The molecule has 26 heavy (non-hydrogen) atoms. The van der Waals surface area contributed by atoms with Gasteiger partial charge in [-0.1, -0.05) is 22.0 Å². The largest absolute Gasteiger partial charge is 0.338 e. The number of hydrogen-bond donors (Lipinski definition) is 0. The van der Waals surface area contributed by atoms with Crippen LogP contribution in [0.3, 0.4) is 0 Å². The molecule has 136 valence electrons. The molecular weight excluding hydrogens is 416 g/mol. The van der Waals surface area contributed by atoms with Crippen molar-refractivity contribution in [3.8, 4) is 0 Å². The zero-order chi connectivity index (χ0) is 18.7. The quantitative estimate of drug-likeness (QED) is 0.620. The molecule has 0 aliphatic carbocycles. The van der Waals surface area contributed by atoms with E-state index in [1.165, 1.54) is 4.90 Å². The first kappa shape index (κ1) is 18.8. The molecule has 0 N–H and O–H groups in total. The molecule has 3 rings (SSSR count). The van der Waals surface area contributed by atoms with E-state index in [0.29, 0.717) is 37.1 Å². The molecule has 1 aliphatic rings. The van der Waals surface area contributed by atoms with Crippen LogP contribution in [0.5, 0.6) is 0 Å². The minimum Gasteiger partial charge on any atom is -0.338 e. The van der Waals surface area contributed by atoms with Crippen LogP contribution in [0.1, 0.15) is 45.4 Å². The number of thiophene rings is 1. The summed E-state index contributed by atoms with van der Waals surface area (Å²) in [5.41, 5.74) is 0.848. The fourth-order valence-corrected chi connectivity index (χ4v) is 4.06. The molecular formula is C19H19BrN2O3S. The molecule has 0 unspecified atom stereocenters. The first-order chi connectivity index (χ1) is 12.5. The number of rotatable bonds is 7. The van der Waals surface area contributed by atoms with Crippen LogP contribution in [-0.2, 0) is 11.3 Å². The van der Waals surface area contributed by atoms with Crippen LogP contribution < -0.4 is 0 Å². The van der Waals surface area contributed by atoms with Gasteiger partial charge in [-0.3, -0.25) is 19.3 Å². The van der Waals surface area contributed by atoms with Gasteiger partial charge in [0.15, 0.2) is 0 Å². The second-order valence-corrected chi connectivity index (χ2v) is 7.99. The molecule has 2 heterocycles. The number of fused-ring (bicyclic) bond motifs is 1. The van der Waals surface area contributed by atoms with Gasteiger partial charge in [-0.05, 0) is 43.0 Å². The van der Waals surface area contributed by atoms with Crippen molar-refractivity contribution in [3.63, 3.8) is 0 Å². The van der Waals surface area contributed by atoms with Crippen LogP contribution in [0.15, 0.2) is 40.2 Å². The number of carbonyl (C=O) groups is 3. The Morgan fingerprint density at radius 1 is 1.19 bits per heavy atom. The van der Waals surface area contributed by atoms with Gasteiger partial charge in [-0.15, -0.1) is 11.3 Å². The van der Waals surface area contributed by atoms with E-state index in [1.54, 1.807) is 34.4 Å². The molecule has 0 saturated heterocycles. The number of halogens is 1. The lowest BCUT2D eigenvalue weighted by atomic mass is 10.1. The van der Waals surface area contributed by atoms with Crippen LogP contribution >= 0.6 is 27.3 Å².